The van der Waals surface area contributed by atoms with Crippen LogP contribution in [-0.2, 0) is 21.2 Å². The fourth-order valence-electron chi connectivity index (χ4n) is 4.02. The van der Waals surface area contributed by atoms with Crippen molar-refractivity contribution in [3.63, 3.8) is 0 Å². The number of benzene rings is 1. The third kappa shape index (κ3) is 3.32. The average molecular weight is 455 g/mol. The van der Waals surface area contributed by atoms with Crippen LogP contribution >= 0.6 is 11.3 Å². The minimum atomic E-state index is -4.00. The first kappa shape index (κ1) is 19.9. The van der Waals surface area contributed by atoms with Gasteiger partial charge in [-0.15, -0.1) is 15.7 Å². The summed E-state index contributed by atoms with van der Waals surface area (Å²) in [5.41, 5.74) is 2.89. The number of amidine groups is 1. The molecule has 158 valence electrons. The van der Waals surface area contributed by atoms with E-state index in [9.17, 15) is 18.4 Å². The Bertz CT molecular complexity index is 1330. The first-order valence-electron chi connectivity index (χ1n) is 9.56. The maximum absolute atomic E-state index is 13.6. The molecule has 1 aromatic carbocycles. The summed E-state index contributed by atoms with van der Waals surface area (Å²) in [7, 11) is -4.00. The number of thiophene rings is 1. The zero-order valence-corrected chi connectivity index (χ0v) is 18.0. The van der Waals surface area contributed by atoms with Gasteiger partial charge in [-0.1, -0.05) is 18.2 Å². The number of hydroxylamine groups is 1. The summed E-state index contributed by atoms with van der Waals surface area (Å²) in [6, 6.07) is 8.85. The van der Waals surface area contributed by atoms with E-state index in [0.29, 0.717) is 22.7 Å². The predicted molar refractivity (Wildman–Crippen MR) is 117 cm³/mol. The summed E-state index contributed by atoms with van der Waals surface area (Å²) in [6.45, 7) is 1.93. The van der Waals surface area contributed by atoms with Gasteiger partial charge < -0.3 is 5.32 Å². The van der Waals surface area contributed by atoms with E-state index in [1.54, 1.807) is 36.0 Å². The highest BCUT2D eigenvalue weighted by Gasteiger charge is 2.45. The van der Waals surface area contributed by atoms with Crippen molar-refractivity contribution >= 4 is 43.7 Å². The monoisotopic (exact) mass is 454 g/mol. The number of hydrogen-bond donors (Lipinski definition) is 2. The lowest BCUT2D eigenvalue weighted by Gasteiger charge is -2.36. The van der Waals surface area contributed by atoms with Crippen LogP contribution in [0.2, 0.25) is 0 Å². The van der Waals surface area contributed by atoms with Crippen LogP contribution in [0.4, 0.5) is 10.7 Å². The second kappa shape index (κ2) is 7.26. The van der Waals surface area contributed by atoms with Crippen LogP contribution in [0, 0.1) is 6.92 Å². The zero-order chi connectivity index (χ0) is 21.8. The molecule has 0 amide bonds. The van der Waals surface area contributed by atoms with Gasteiger partial charge in [-0.3, -0.25) is 15.0 Å². The number of pyridine rings is 1. The molecule has 0 saturated heterocycles. The number of para-hydroxylation sites is 1. The van der Waals surface area contributed by atoms with E-state index < -0.39 is 22.0 Å². The van der Waals surface area contributed by atoms with Gasteiger partial charge in [0.2, 0.25) is 0 Å². The minimum Gasteiger partial charge on any atom is -0.340 e. The number of aromatic nitrogens is 1. The summed E-state index contributed by atoms with van der Waals surface area (Å²) in [6.07, 6.45) is 3.84. The molecule has 0 saturated carbocycles. The van der Waals surface area contributed by atoms with Crippen molar-refractivity contribution in [2.24, 2.45) is 4.40 Å². The average Bonchev–Trinajstić information content (AvgIpc) is 3.21. The van der Waals surface area contributed by atoms with Crippen LogP contribution in [0.1, 0.15) is 22.6 Å². The number of aryl methyl sites for hydroxylation is 1. The second-order valence-electron chi connectivity index (χ2n) is 7.53. The molecule has 2 aromatic heterocycles. The van der Waals surface area contributed by atoms with E-state index in [2.05, 4.69) is 14.7 Å². The molecule has 2 N–H and O–H groups in total. The van der Waals surface area contributed by atoms with E-state index in [1.807, 2.05) is 19.1 Å². The molecule has 0 spiro atoms. The molecule has 0 fully saturated rings. The van der Waals surface area contributed by atoms with Crippen molar-refractivity contribution in [3.05, 3.63) is 70.9 Å². The van der Waals surface area contributed by atoms with Gasteiger partial charge >= 0.3 is 0 Å². The Morgan fingerprint density at radius 2 is 2.03 bits per heavy atom. The Kier molecular flexibility index (Phi) is 4.65. The molecular weight excluding hydrogens is 436 g/mol. The number of carbonyl (C=O) groups is 1. The molecule has 0 bridgehead atoms. The highest BCUT2D eigenvalue weighted by atomic mass is 32.2. The SMILES string of the molecule is Cc1cncc(CC2C(=O)C(C3=NS(=O)(=O)c4ccccc4N3)N(O)c3sccc32)c1. The standard InChI is InChI=1S/C21H18N4O4S2/c1-12-8-13(11-22-10-12)9-15-14-6-7-30-21(14)25(27)18(19(15)26)20-23-16-4-2-3-5-17(16)31(28,29)24-20/h2-8,10-11,15,18,27H,9H2,1H3,(H,23,24). The number of sulfonamides is 1. The summed E-state index contributed by atoms with van der Waals surface area (Å²) in [5, 5.41) is 16.9. The molecule has 0 radical (unpaired) electrons. The lowest BCUT2D eigenvalue weighted by molar-refractivity contribution is -0.122. The van der Waals surface area contributed by atoms with Crippen molar-refractivity contribution in [3.8, 4) is 0 Å². The van der Waals surface area contributed by atoms with E-state index >= 15 is 0 Å². The number of anilines is 2. The molecular formula is C21H18N4O4S2. The molecule has 31 heavy (non-hydrogen) atoms. The van der Waals surface area contributed by atoms with Crippen molar-refractivity contribution in [1.29, 1.82) is 0 Å². The third-order valence-electron chi connectivity index (χ3n) is 5.39. The summed E-state index contributed by atoms with van der Waals surface area (Å²) < 4.78 is 29.2. The fourth-order valence-corrected chi connectivity index (χ4v) is 6.08. The van der Waals surface area contributed by atoms with Gasteiger partial charge in [0.1, 0.15) is 9.90 Å². The molecule has 2 aliphatic heterocycles. The van der Waals surface area contributed by atoms with Gasteiger partial charge in [-0.25, -0.2) is 5.06 Å². The maximum Gasteiger partial charge on any atom is 0.286 e. The number of Topliss-reactive ketones (excluding diaryl/α,β-unsaturated/α-hetero) is 1. The molecule has 4 heterocycles. The highest BCUT2D eigenvalue weighted by Crippen LogP contribution is 2.42. The molecule has 3 aromatic rings. The Morgan fingerprint density at radius 1 is 1.23 bits per heavy atom. The van der Waals surface area contributed by atoms with Gasteiger partial charge in [-0.2, -0.15) is 8.42 Å². The number of hydrogen-bond acceptors (Lipinski definition) is 8. The van der Waals surface area contributed by atoms with Crippen LogP contribution in [-0.4, -0.2) is 36.3 Å². The molecule has 2 unspecified atom stereocenters. The molecule has 10 heteroatoms. The van der Waals surface area contributed by atoms with Crippen LogP contribution in [0.5, 0.6) is 0 Å². The Hall–Kier alpha value is -3.08. The molecule has 2 atom stereocenters. The summed E-state index contributed by atoms with van der Waals surface area (Å²) in [5.74, 6) is -1.02. The van der Waals surface area contributed by atoms with Crippen molar-refractivity contribution in [2.75, 3.05) is 10.4 Å². The Labute approximate surface area is 182 Å². The second-order valence-corrected chi connectivity index (χ2v) is 10.00. The fraction of sp³-hybridized carbons (Fsp3) is 0.190. The van der Waals surface area contributed by atoms with Crippen molar-refractivity contribution in [2.45, 2.75) is 30.2 Å². The van der Waals surface area contributed by atoms with Crippen LogP contribution in [0.3, 0.4) is 0 Å². The lowest BCUT2D eigenvalue weighted by atomic mass is 9.83. The maximum atomic E-state index is 13.6. The van der Waals surface area contributed by atoms with E-state index in [0.717, 1.165) is 16.2 Å². The summed E-state index contributed by atoms with van der Waals surface area (Å²) >= 11 is 1.28. The van der Waals surface area contributed by atoms with Gasteiger partial charge in [0.25, 0.3) is 10.0 Å². The Balaban J connectivity index is 1.57. The largest absolute Gasteiger partial charge is 0.340 e. The topological polar surface area (TPSA) is 112 Å². The molecule has 0 aliphatic carbocycles. The quantitative estimate of drug-likeness (QED) is 0.625. The predicted octanol–water partition coefficient (Wildman–Crippen LogP) is 3.14. The number of nitrogens with zero attached hydrogens (tertiary/aromatic N) is 3. The van der Waals surface area contributed by atoms with Gasteiger partial charge in [0, 0.05) is 12.4 Å². The van der Waals surface area contributed by atoms with Gasteiger partial charge in [0.15, 0.2) is 17.7 Å². The normalized spacial score (nSPS) is 21.7. The first-order valence-corrected chi connectivity index (χ1v) is 11.9. The lowest BCUT2D eigenvalue weighted by Crippen LogP contribution is -2.53. The van der Waals surface area contributed by atoms with Crippen LogP contribution in [0.25, 0.3) is 0 Å². The molecule has 8 nitrogen and oxygen atoms in total. The first-order chi connectivity index (χ1) is 14.8. The number of nitrogens with one attached hydrogen (secondary N) is 1. The Morgan fingerprint density at radius 3 is 2.84 bits per heavy atom. The van der Waals surface area contributed by atoms with Crippen molar-refractivity contribution < 1.29 is 18.4 Å². The van der Waals surface area contributed by atoms with Gasteiger partial charge in [-0.05, 0) is 53.6 Å². The number of fused-ring (bicyclic) bond motifs is 2. The third-order valence-corrected chi connectivity index (χ3v) is 7.66. The smallest absolute Gasteiger partial charge is 0.286 e. The number of ketones is 1. The van der Waals surface area contributed by atoms with Crippen LogP contribution < -0.4 is 10.4 Å². The zero-order valence-electron chi connectivity index (χ0n) is 16.4. The van der Waals surface area contributed by atoms with E-state index in [1.165, 1.54) is 17.4 Å². The minimum absolute atomic E-state index is 0.0331. The summed E-state index contributed by atoms with van der Waals surface area (Å²) in [4.78, 5) is 17.8. The number of rotatable bonds is 3. The van der Waals surface area contributed by atoms with E-state index in [-0.39, 0.29) is 16.5 Å². The highest BCUT2D eigenvalue weighted by molar-refractivity contribution is 7.90. The van der Waals surface area contributed by atoms with Gasteiger partial charge in [0.05, 0.1) is 11.6 Å². The van der Waals surface area contributed by atoms with Crippen molar-refractivity contribution in [1.82, 2.24) is 4.98 Å². The molecule has 5 rings (SSSR count). The van der Waals surface area contributed by atoms with E-state index in [4.69, 9.17) is 0 Å². The molecule has 2 aliphatic rings. The van der Waals surface area contributed by atoms with Crippen LogP contribution in [0.15, 0.2) is 63.5 Å². The number of carbonyl (C=O) groups excluding carboxylic acids is 1.